The number of fused-ring (bicyclic) bond motifs is 3. The number of pyridine rings is 1. The number of halogens is 1. The van der Waals surface area contributed by atoms with E-state index in [1.807, 2.05) is 12.3 Å². The molecule has 2 aromatic carbocycles. The number of benzene rings is 2. The van der Waals surface area contributed by atoms with Crippen LogP contribution in [0.2, 0.25) is 0 Å². The van der Waals surface area contributed by atoms with E-state index in [0.29, 0.717) is 0 Å². The van der Waals surface area contributed by atoms with Crippen LogP contribution in [0.15, 0.2) is 59.2 Å². The lowest BCUT2D eigenvalue weighted by atomic mass is 9.73. The molecule has 1 aliphatic carbocycles. The van der Waals surface area contributed by atoms with Crippen LogP contribution in [0.3, 0.4) is 0 Å². The molecule has 1 aromatic heterocycles. The molecule has 126 valence electrons. The van der Waals surface area contributed by atoms with Crippen molar-refractivity contribution in [3.05, 3.63) is 75.0 Å². The van der Waals surface area contributed by atoms with E-state index in [2.05, 4.69) is 77.2 Å². The molecule has 0 atom stereocenters. The second-order valence-corrected chi connectivity index (χ2v) is 8.04. The summed E-state index contributed by atoms with van der Waals surface area (Å²) in [5.74, 6) is 0. The molecule has 1 aliphatic rings. The number of hydrogen-bond donors (Lipinski definition) is 1. The van der Waals surface area contributed by atoms with Gasteiger partial charge in [-0.1, -0.05) is 60.2 Å². The van der Waals surface area contributed by atoms with Gasteiger partial charge in [-0.3, -0.25) is 0 Å². The lowest BCUT2D eigenvalue weighted by Gasteiger charge is -2.30. The van der Waals surface area contributed by atoms with Gasteiger partial charge < -0.3 is 4.98 Å². The van der Waals surface area contributed by atoms with E-state index in [-0.39, 0.29) is 5.41 Å². The summed E-state index contributed by atoms with van der Waals surface area (Å²) in [6.07, 6.45) is 4.20. The molecule has 1 N–H and O–H groups in total. The van der Waals surface area contributed by atoms with Gasteiger partial charge in [-0.15, -0.1) is 0 Å². The zero-order chi connectivity index (χ0) is 17.6. The molecule has 0 saturated heterocycles. The van der Waals surface area contributed by atoms with Gasteiger partial charge in [0.25, 0.3) is 0 Å². The molecule has 0 saturated carbocycles. The maximum atomic E-state index is 5.17. The Hall–Kier alpha value is -1.71. The average molecular weight is 410 g/mol. The highest BCUT2D eigenvalue weighted by molar-refractivity contribution is 9.10. The van der Waals surface area contributed by atoms with E-state index < -0.39 is 0 Å². The van der Waals surface area contributed by atoms with Gasteiger partial charge in [-0.2, -0.15) is 0 Å². The summed E-state index contributed by atoms with van der Waals surface area (Å²) in [4.78, 5) is 3.15. The van der Waals surface area contributed by atoms with Crippen LogP contribution in [0, 0.1) is 4.64 Å². The van der Waals surface area contributed by atoms with E-state index in [1.165, 1.54) is 33.4 Å². The van der Waals surface area contributed by atoms with E-state index in [4.69, 9.17) is 12.2 Å². The average Bonchev–Trinajstić information content (AvgIpc) is 2.91. The number of nitrogens with one attached hydrogen (secondary N) is 1. The van der Waals surface area contributed by atoms with Crippen molar-refractivity contribution in [1.82, 2.24) is 4.98 Å². The topological polar surface area (TPSA) is 15.8 Å². The third-order valence-corrected chi connectivity index (χ3v) is 6.39. The zero-order valence-corrected chi connectivity index (χ0v) is 16.8. The first-order valence-electron chi connectivity index (χ1n) is 8.73. The minimum atomic E-state index is 0.0894. The minimum Gasteiger partial charge on any atom is -0.352 e. The highest BCUT2D eigenvalue weighted by Crippen LogP contribution is 2.53. The van der Waals surface area contributed by atoms with Crippen LogP contribution in [-0.2, 0) is 5.41 Å². The van der Waals surface area contributed by atoms with Gasteiger partial charge in [0, 0.05) is 16.1 Å². The van der Waals surface area contributed by atoms with Crippen molar-refractivity contribution < 1.29 is 0 Å². The normalized spacial score (nSPS) is 14.2. The number of aromatic nitrogens is 1. The highest BCUT2D eigenvalue weighted by Gasteiger charge is 2.40. The van der Waals surface area contributed by atoms with Crippen LogP contribution in [0.1, 0.15) is 37.8 Å². The van der Waals surface area contributed by atoms with Gasteiger partial charge in [0.05, 0.1) is 0 Å². The fourth-order valence-electron chi connectivity index (χ4n) is 4.25. The van der Waals surface area contributed by atoms with Crippen LogP contribution < -0.4 is 0 Å². The Morgan fingerprint density at radius 1 is 0.880 bits per heavy atom. The third-order valence-electron chi connectivity index (χ3n) is 5.65. The van der Waals surface area contributed by atoms with Crippen LogP contribution in [0.4, 0.5) is 0 Å². The van der Waals surface area contributed by atoms with Crippen molar-refractivity contribution in [2.45, 2.75) is 32.1 Å². The van der Waals surface area contributed by atoms with Crippen LogP contribution in [0.25, 0.3) is 22.3 Å². The van der Waals surface area contributed by atoms with Crippen molar-refractivity contribution in [3.63, 3.8) is 0 Å². The molecule has 1 heterocycles. The Morgan fingerprint density at radius 3 is 2.16 bits per heavy atom. The molecule has 0 spiro atoms. The van der Waals surface area contributed by atoms with Crippen molar-refractivity contribution in [2.24, 2.45) is 0 Å². The molecule has 25 heavy (non-hydrogen) atoms. The second-order valence-electron chi connectivity index (χ2n) is 6.68. The Balaban J connectivity index is 1.96. The molecule has 1 nitrogen and oxygen atoms in total. The summed E-state index contributed by atoms with van der Waals surface area (Å²) in [7, 11) is 0. The summed E-state index contributed by atoms with van der Waals surface area (Å²) in [6.45, 7) is 4.60. The lowest BCUT2D eigenvalue weighted by Crippen LogP contribution is -2.23. The molecular formula is C22H20BrNS. The van der Waals surface area contributed by atoms with Gasteiger partial charge in [-0.25, -0.2) is 0 Å². The summed E-state index contributed by atoms with van der Waals surface area (Å²) in [5, 5.41) is 0. The van der Waals surface area contributed by atoms with Gasteiger partial charge in [0.15, 0.2) is 0 Å². The predicted molar refractivity (Wildman–Crippen MR) is 112 cm³/mol. The Kier molecular flexibility index (Phi) is 4.17. The third kappa shape index (κ3) is 2.52. The number of hydrogen-bond acceptors (Lipinski definition) is 1. The molecule has 0 bridgehead atoms. The fourth-order valence-corrected chi connectivity index (χ4v) is 4.74. The Bertz CT molecular complexity index is 994. The predicted octanol–water partition coefficient (Wildman–Crippen LogP) is 7.26. The van der Waals surface area contributed by atoms with Crippen molar-refractivity contribution in [2.75, 3.05) is 0 Å². The number of aromatic amines is 1. The molecule has 0 unspecified atom stereocenters. The van der Waals surface area contributed by atoms with Gasteiger partial charge in [-0.05, 0) is 76.6 Å². The number of rotatable bonds is 3. The lowest BCUT2D eigenvalue weighted by molar-refractivity contribution is 0.490. The standard InChI is InChI=1S/C22H20BrNS/c1-3-22(4-2)19-11-14(15-6-10-21(25)24-13-15)5-8-17(19)18-9-7-16(23)12-20(18)22/h5-13H,3-4H2,1-2H3,(H,24,25). The molecule has 0 fully saturated rings. The summed E-state index contributed by atoms with van der Waals surface area (Å²) in [6, 6.07) is 17.6. The number of H-pyrrole nitrogens is 1. The largest absolute Gasteiger partial charge is 0.352 e. The molecular weight excluding hydrogens is 390 g/mol. The van der Waals surface area contributed by atoms with Crippen LogP contribution >= 0.6 is 28.1 Å². The van der Waals surface area contributed by atoms with E-state index in [0.717, 1.165) is 22.0 Å². The molecule has 3 aromatic rings. The van der Waals surface area contributed by atoms with E-state index in [1.54, 1.807) is 0 Å². The summed E-state index contributed by atoms with van der Waals surface area (Å²) >= 11 is 8.84. The SMILES string of the molecule is CCC1(CC)c2cc(Br)ccc2-c2ccc(-c3ccc(=S)[nH]c3)cc21. The van der Waals surface area contributed by atoms with Gasteiger partial charge in [0.2, 0.25) is 0 Å². The van der Waals surface area contributed by atoms with Gasteiger partial charge >= 0.3 is 0 Å². The van der Waals surface area contributed by atoms with Crippen molar-refractivity contribution >= 4 is 28.1 Å². The first-order chi connectivity index (χ1) is 12.1. The monoisotopic (exact) mass is 409 g/mol. The quantitative estimate of drug-likeness (QED) is 0.449. The van der Waals surface area contributed by atoms with Crippen molar-refractivity contribution in [3.8, 4) is 22.3 Å². The first-order valence-corrected chi connectivity index (χ1v) is 9.93. The molecule has 4 rings (SSSR count). The van der Waals surface area contributed by atoms with Crippen LogP contribution in [-0.4, -0.2) is 4.98 Å². The van der Waals surface area contributed by atoms with Crippen LogP contribution in [0.5, 0.6) is 0 Å². The van der Waals surface area contributed by atoms with Gasteiger partial charge in [0.1, 0.15) is 4.64 Å². The smallest absolute Gasteiger partial charge is 0.103 e. The molecule has 3 heteroatoms. The zero-order valence-electron chi connectivity index (χ0n) is 14.4. The summed E-state index contributed by atoms with van der Waals surface area (Å²) < 4.78 is 1.92. The molecule has 0 aliphatic heterocycles. The summed E-state index contributed by atoms with van der Waals surface area (Å²) in [5.41, 5.74) is 8.15. The highest BCUT2D eigenvalue weighted by atomic mass is 79.9. The second kappa shape index (κ2) is 6.22. The first kappa shape index (κ1) is 16.7. The molecule has 0 radical (unpaired) electrons. The van der Waals surface area contributed by atoms with E-state index >= 15 is 0 Å². The maximum absolute atomic E-state index is 5.17. The fraction of sp³-hybridized carbons (Fsp3) is 0.227. The Morgan fingerprint density at radius 2 is 1.52 bits per heavy atom. The maximum Gasteiger partial charge on any atom is 0.103 e. The minimum absolute atomic E-state index is 0.0894. The Labute approximate surface area is 162 Å². The van der Waals surface area contributed by atoms with E-state index in [9.17, 15) is 0 Å². The van der Waals surface area contributed by atoms with Crippen molar-refractivity contribution in [1.29, 1.82) is 0 Å². The molecule has 0 amide bonds.